The quantitative estimate of drug-likeness (QED) is 0.824. The van der Waals surface area contributed by atoms with Crippen molar-refractivity contribution in [3.8, 4) is 5.88 Å². The molecular weight excluding hydrogens is 340 g/mol. The summed E-state index contributed by atoms with van der Waals surface area (Å²) in [7, 11) is 3.10. The van der Waals surface area contributed by atoms with E-state index in [0.717, 1.165) is 13.0 Å². The number of rotatable bonds is 4. The highest BCUT2D eigenvalue weighted by molar-refractivity contribution is 9.10. The van der Waals surface area contributed by atoms with Crippen LogP contribution in [0.1, 0.15) is 19.3 Å². The smallest absolute Gasteiger partial charge is 0.232 e. The van der Waals surface area contributed by atoms with Crippen molar-refractivity contribution in [3.63, 3.8) is 0 Å². The number of carbonyl (C=O) groups is 1. The number of aromatic nitrogens is 2. The van der Waals surface area contributed by atoms with E-state index in [1.165, 1.54) is 7.11 Å². The number of ether oxygens (including phenoxy) is 1. The number of piperidine rings is 1. The molecular formula is C13H19BrN4O3. The SMILES string of the molecule is CNC(=O)CC1(O)CCCN(c2ncc(Br)c(OC)n2)C1. The number of hydrogen-bond donors (Lipinski definition) is 2. The summed E-state index contributed by atoms with van der Waals surface area (Å²) in [5.74, 6) is 0.763. The molecule has 0 radical (unpaired) electrons. The van der Waals surface area contributed by atoms with Gasteiger partial charge in [-0.3, -0.25) is 4.79 Å². The van der Waals surface area contributed by atoms with Crippen molar-refractivity contribution in [2.75, 3.05) is 32.1 Å². The van der Waals surface area contributed by atoms with Crippen molar-refractivity contribution in [2.24, 2.45) is 0 Å². The largest absolute Gasteiger partial charge is 0.480 e. The molecule has 2 rings (SSSR count). The third-order valence-electron chi connectivity index (χ3n) is 3.50. The molecule has 8 heteroatoms. The van der Waals surface area contributed by atoms with E-state index in [4.69, 9.17) is 4.74 Å². The van der Waals surface area contributed by atoms with Crippen LogP contribution in [0.4, 0.5) is 5.95 Å². The fourth-order valence-electron chi connectivity index (χ4n) is 2.45. The third kappa shape index (κ3) is 3.82. The predicted molar refractivity (Wildman–Crippen MR) is 81.4 cm³/mol. The van der Waals surface area contributed by atoms with E-state index < -0.39 is 5.60 Å². The van der Waals surface area contributed by atoms with E-state index in [2.05, 4.69) is 31.2 Å². The van der Waals surface area contributed by atoms with Crippen molar-refractivity contribution in [1.82, 2.24) is 15.3 Å². The van der Waals surface area contributed by atoms with Crippen LogP contribution in [0.2, 0.25) is 0 Å². The van der Waals surface area contributed by atoms with Gasteiger partial charge < -0.3 is 20.1 Å². The molecule has 0 saturated carbocycles. The molecule has 0 aliphatic carbocycles. The lowest BCUT2D eigenvalue weighted by Crippen LogP contribution is -2.50. The van der Waals surface area contributed by atoms with Crippen LogP contribution in [-0.4, -0.2) is 53.8 Å². The van der Waals surface area contributed by atoms with Crippen LogP contribution in [0.25, 0.3) is 0 Å². The van der Waals surface area contributed by atoms with Gasteiger partial charge in [0.25, 0.3) is 0 Å². The average molecular weight is 359 g/mol. The molecule has 2 N–H and O–H groups in total. The molecule has 116 valence electrons. The van der Waals surface area contributed by atoms with Gasteiger partial charge >= 0.3 is 0 Å². The second-order valence-corrected chi connectivity index (χ2v) is 5.98. The van der Waals surface area contributed by atoms with Crippen molar-refractivity contribution in [2.45, 2.75) is 24.9 Å². The monoisotopic (exact) mass is 358 g/mol. The van der Waals surface area contributed by atoms with Crippen LogP contribution >= 0.6 is 15.9 Å². The van der Waals surface area contributed by atoms with Crippen molar-refractivity contribution in [3.05, 3.63) is 10.7 Å². The minimum atomic E-state index is -1.05. The van der Waals surface area contributed by atoms with Gasteiger partial charge in [0.1, 0.15) is 0 Å². The molecule has 1 aliphatic heterocycles. The summed E-state index contributed by atoms with van der Waals surface area (Å²) in [6.07, 6.45) is 3.06. The molecule has 1 aliphatic rings. The standard InChI is InChI=1S/C13H19BrN4O3/c1-15-10(19)6-13(20)4-3-5-18(8-13)12-16-7-9(14)11(17-12)21-2/h7,20H,3-6,8H2,1-2H3,(H,15,19). The number of carbonyl (C=O) groups excluding carboxylic acids is 1. The molecule has 0 bridgehead atoms. The fourth-order valence-corrected chi connectivity index (χ4v) is 2.81. The minimum absolute atomic E-state index is 0.0770. The number of halogens is 1. The maximum Gasteiger partial charge on any atom is 0.232 e. The molecule has 1 aromatic rings. The molecule has 1 saturated heterocycles. The van der Waals surface area contributed by atoms with E-state index in [-0.39, 0.29) is 12.3 Å². The van der Waals surface area contributed by atoms with Crippen LogP contribution in [0.3, 0.4) is 0 Å². The number of amides is 1. The Labute approximate surface area is 131 Å². The zero-order valence-corrected chi connectivity index (χ0v) is 13.7. The number of β-amino-alcohol motifs (C(OH)–C–C–N with tert-alkyl or cyclic N) is 1. The van der Waals surface area contributed by atoms with Gasteiger partial charge in [-0.25, -0.2) is 4.98 Å². The first kappa shape index (κ1) is 16.0. The Kier molecular flexibility index (Phi) is 5.00. The summed E-state index contributed by atoms with van der Waals surface area (Å²) in [5, 5.41) is 13.1. The van der Waals surface area contributed by atoms with Gasteiger partial charge in [0.15, 0.2) is 0 Å². The van der Waals surface area contributed by atoms with Crippen molar-refractivity contribution >= 4 is 27.8 Å². The Morgan fingerprint density at radius 1 is 1.67 bits per heavy atom. The summed E-state index contributed by atoms with van der Waals surface area (Å²) in [6, 6.07) is 0. The third-order valence-corrected chi connectivity index (χ3v) is 4.04. The van der Waals surface area contributed by atoms with Gasteiger partial charge in [-0.2, -0.15) is 4.98 Å². The molecule has 0 spiro atoms. The van der Waals surface area contributed by atoms with Gasteiger partial charge in [-0.15, -0.1) is 0 Å². The van der Waals surface area contributed by atoms with Gasteiger partial charge in [-0.05, 0) is 28.8 Å². The molecule has 7 nitrogen and oxygen atoms in total. The van der Waals surface area contributed by atoms with E-state index in [9.17, 15) is 9.90 Å². The van der Waals surface area contributed by atoms with E-state index in [1.807, 2.05) is 4.90 Å². The Bertz CT molecular complexity index is 528. The maximum atomic E-state index is 11.5. The van der Waals surface area contributed by atoms with E-state index >= 15 is 0 Å². The number of anilines is 1. The number of methoxy groups -OCH3 is 1. The first-order valence-electron chi connectivity index (χ1n) is 6.72. The first-order valence-corrected chi connectivity index (χ1v) is 7.51. The number of nitrogens with one attached hydrogen (secondary N) is 1. The van der Waals surface area contributed by atoms with Gasteiger partial charge in [0, 0.05) is 13.6 Å². The Hall–Kier alpha value is -1.41. The lowest BCUT2D eigenvalue weighted by Gasteiger charge is -2.38. The van der Waals surface area contributed by atoms with Crippen LogP contribution in [-0.2, 0) is 4.79 Å². The number of nitrogens with zero attached hydrogens (tertiary/aromatic N) is 3. The molecule has 1 unspecified atom stereocenters. The summed E-state index contributed by atoms with van der Waals surface area (Å²) >= 11 is 3.31. The van der Waals surface area contributed by atoms with E-state index in [0.29, 0.717) is 29.3 Å². The molecule has 1 fully saturated rings. The second-order valence-electron chi connectivity index (χ2n) is 5.13. The van der Waals surface area contributed by atoms with Gasteiger partial charge in [0.05, 0.1) is 36.3 Å². The fraction of sp³-hybridized carbons (Fsp3) is 0.615. The highest BCUT2D eigenvalue weighted by Crippen LogP contribution is 2.29. The Morgan fingerprint density at radius 2 is 2.43 bits per heavy atom. The average Bonchev–Trinajstić information content (AvgIpc) is 2.47. The van der Waals surface area contributed by atoms with Crippen molar-refractivity contribution < 1.29 is 14.6 Å². The Balaban J connectivity index is 2.15. The molecule has 1 aromatic heterocycles. The molecule has 0 aromatic carbocycles. The summed E-state index contributed by atoms with van der Waals surface area (Å²) < 4.78 is 5.83. The Morgan fingerprint density at radius 3 is 3.10 bits per heavy atom. The van der Waals surface area contributed by atoms with Crippen LogP contribution in [0.15, 0.2) is 10.7 Å². The van der Waals surface area contributed by atoms with Crippen LogP contribution in [0.5, 0.6) is 5.88 Å². The van der Waals surface area contributed by atoms with Crippen LogP contribution in [0, 0.1) is 0 Å². The molecule has 1 amide bonds. The zero-order valence-electron chi connectivity index (χ0n) is 12.1. The highest BCUT2D eigenvalue weighted by Gasteiger charge is 2.36. The molecule has 21 heavy (non-hydrogen) atoms. The topological polar surface area (TPSA) is 87.6 Å². The minimum Gasteiger partial charge on any atom is -0.480 e. The molecule has 2 heterocycles. The van der Waals surface area contributed by atoms with Gasteiger partial charge in [-0.1, -0.05) is 0 Å². The zero-order chi connectivity index (χ0) is 15.5. The summed E-state index contributed by atoms with van der Waals surface area (Å²) in [6.45, 7) is 1.06. The summed E-state index contributed by atoms with van der Waals surface area (Å²) in [5.41, 5.74) is -1.05. The lowest BCUT2D eigenvalue weighted by atomic mass is 9.89. The molecule has 1 atom stereocenters. The van der Waals surface area contributed by atoms with Crippen LogP contribution < -0.4 is 15.0 Å². The number of hydrogen-bond acceptors (Lipinski definition) is 6. The van der Waals surface area contributed by atoms with E-state index in [1.54, 1.807) is 13.2 Å². The maximum absolute atomic E-state index is 11.5. The first-order chi connectivity index (χ1) is 9.97. The van der Waals surface area contributed by atoms with Crippen molar-refractivity contribution in [1.29, 1.82) is 0 Å². The predicted octanol–water partition coefficient (Wildman–Crippen LogP) is 0.715. The lowest BCUT2D eigenvalue weighted by molar-refractivity contribution is -0.125. The summed E-state index contributed by atoms with van der Waals surface area (Å²) in [4.78, 5) is 22.0. The van der Waals surface area contributed by atoms with Gasteiger partial charge in [0.2, 0.25) is 17.7 Å². The second kappa shape index (κ2) is 6.57. The number of aliphatic hydroxyl groups is 1. The normalized spacial score (nSPS) is 22.0. The highest BCUT2D eigenvalue weighted by atomic mass is 79.9.